The van der Waals surface area contributed by atoms with Gasteiger partial charge in [-0.2, -0.15) is 0 Å². The molecule has 2 aromatic rings. The number of nitrogens with two attached hydrogens (primary N) is 1. The van der Waals surface area contributed by atoms with Gasteiger partial charge in [0.05, 0.1) is 7.11 Å². The molecule has 0 heterocycles. The summed E-state index contributed by atoms with van der Waals surface area (Å²) in [5.74, 6) is 0.860. The number of benzene rings is 2. The summed E-state index contributed by atoms with van der Waals surface area (Å²) in [6.07, 6.45) is 0.821. The molecule has 1 atom stereocenters. The monoisotopic (exact) mass is 255 g/mol. The number of ether oxygens (including phenoxy) is 1. The van der Waals surface area contributed by atoms with Gasteiger partial charge in [0.2, 0.25) is 0 Å². The number of rotatable bonds is 4. The van der Waals surface area contributed by atoms with Crippen LogP contribution in [0.3, 0.4) is 0 Å². The van der Waals surface area contributed by atoms with Crippen LogP contribution in [0.1, 0.15) is 28.3 Å². The van der Waals surface area contributed by atoms with E-state index in [0.717, 1.165) is 17.7 Å². The van der Waals surface area contributed by atoms with Gasteiger partial charge in [-0.25, -0.2) is 0 Å². The molecule has 2 nitrogen and oxygen atoms in total. The molecule has 1 unspecified atom stereocenters. The third-order valence-electron chi connectivity index (χ3n) is 3.57. The molecule has 0 aromatic heterocycles. The summed E-state index contributed by atoms with van der Waals surface area (Å²) in [4.78, 5) is 0. The summed E-state index contributed by atoms with van der Waals surface area (Å²) in [5, 5.41) is 0. The summed E-state index contributed by atoms with van der Waals surface area (Å²) in [6, 6.07) is 14.4. The lowest BCUT2D eigenvalue weighted by Gasteiger charge is -2.16. The summed E-state index contributed by atoms with van der Waals surface area (Å²) >= 11 is 0. The molecule has 0 aliphatic carbocycles. The second kappa shape index (κ2) is 5.89. The highest BCUT2D eigenvalue weighted by Crippen LogP contribution is 2.26. The summed E-state index contributed by atoms with van der Waals surface area (Å²) in [7, 11) is 1.68. The molecule has 0 amide bonds. The van der Waals surface area contributed by atoms with Gasteiger partial charge in [0, 0.05) is 11.6 Å². The van der Waals surface area contributed by atoms with E-state index in [0.29, 0.717) is 0 Å². The van der Waals surface area contributed by atoms with E-state index in [2.05, 4.69) is 32.0 Å². The standard InChI is InChI=1S/C17H21NO/c1-12-8-9-14(10-13(12)2)11-16(18)15-6-4-5-7-17(15)19-3/h4-10,16H,11,18H2,1-3H3. The summed E-state index contributed by atoms with van der Waals surface area (Å²) in [6.45, 7) is 4.26. The molecule has 19 heavy (non-hydrogen) atoms. The molecule has 0 fully saturated rings. The maximum Gasteiger partial charge on any atom is 0.123 e. The van der Waals surface area contributed by atoms with Gasteiger partial charge in [-0.15, -0.1) is 0 Å². The van der Waals surface area contributed by atoms with Crippen LogP contribution in [0.2, 0.25) is 0 Å². The topological polar surface area (TPSA) is 35.2 Å². The Kier molecular flexibility index (Phi) is 4.23. The maximum absolute atomic E-state index is 6.31. The molecule has 0 saturated heterocycles. The summed E-state index contributed by atoms with van der Waals surface area (Å²) < 4.78 is 5.37. The Labute approximate surface area is 115 Å². The molecular formula is C17H21NO. The quantitative estimate of drug-likeness (QED) is 0.906. The highest BCUT2D eigenvalue weighted by Gasteiger charge is 2.12. The van der Waals surface area contributed by atoms with E-state index in [-0.39, 0.29) is 6.04 Å². The average molecular weight is 255 g/mol. The van der Waals surface area contributed by atoms with Gasteiger partial charge in [-0.1, -0.05) is 36.4 Å². The third kappa shape index (κ3) is 3.15. The lowest BCUT2D eigenvalue weighted by molar-refractivity contribution is 0.405. The normalized spacial score (nSPS) is 12.2. The van der Waals surface area contributed by atoms with E-state index in [4.69, 9.17) is 10.5 Å². The molecule has 2 aromatic carbocycles. The largest absolute Gasteiger partial charge is 0.496 e. The van der Waals surface area contributed by atoms with E-state index < -0.39 is 0 Å². The minimum atomic E-state index is -0.0433. The number of para-hydroxylation sites is 1. The first kappa shape index (κ1) is 13.6. The Balaban J connectivity index is 2.20. The molecular weight excluding hydrogens is 234 g/mol. The van der Waals surface area contributed by atoms with E-state index >= 15 is 0 Å². The fourth-order valence-corrected chi connectivity index (χ4v) is 2.27. The van der Waals surface area contributed by atoms with E-state index in [9.17, 15) is 0 Å². The van der Waals surface area contributed by atoms with Gasteiger partial charge in [-0.05, 0) is 43.0 Å². The first-order valence-corrected chi connectivity index (χ1v) is 6.56. The van der Waals surface area contributed by atoms with E-state index in [1.807, 2.05) is 24.3 Å². The molecule has 0 spiro atoms. The molecule has 0 bridgehead atoms. The zero-order valence-electron chi connectivity index (χ0n) is 11.8. The Hall–Kier alpha value is -1.80. The molecule has 0 saturated carbocycles. The van der Waals surface area contributed by atoms with Crippen molar-refractivity contribution in [3.63, 3.8) is 0 Å². The number of methoxy groups -OCH3 is 1. The van der Waals surface area contributed by atoms with Crippen LogP contribution in [0.25, 0.3) is 0 Å². The Morgan fingerprint density at radius 3 is 2.47 bits per heavy atom. The fraction of sp³-hybridized carbons (Fsp3) is 0.294. The molecule has 0 radical (unpaired) electrons. The van der Waals surface area contributed by atoms with Crippen LogP contribution in [0.15, 0.2) is 42.5 Å². The Bertz CT molecular complexity index is 563. The van der Waals surface area contributed by atoms with Crippen LogP contribution < -0.4 is 10.5 Å². The molecule has 2 rings (SSSR count). The highest BCUT2D eigenvalue weighted by atomic mass is 16.5. The maximum atomic E-state index is 6.31. The summed E-state index contributed by atoms with van der Waals surface area (Å²) in [5.41, 5.74) is 11.3. The van der Waals surface area contributed by atoms with Crippen LogP contribution >= 0.6 is 0 Å². The van der Waals surface area contributed by atoms with Crippen molar-refractivity contribution in [1.29, 1.82) is 0 Å². The molecule has 0 aliphatic heterocycles. The lowest BCUT2D eigenvalue weighted by atomic mass is 9.96. The van der Waals surface area contributed by atoms with Crippen LogP contribution in [0, 0.1) is 13.8 Å². The number of hydrogen-bond acceptors (Lipinski definition) is 2. The van der Waals surface area contributed by atoms with E-state index in [1.54, 1.807) is 7.11 Å². The predicted octanol–water partition coefficient (Wildman–Crippen LogP) is 3.55. The van der Waals surface area contributed by atoms with Crippen molar-refractivity contribution in [3.05, 3.63) is 64.7 Å². The van der Waals surface area contributed by atoms with Crippen molar-refractivity contribution in [2.24, 2.45) is 5.73 Å². The minimum absolute atomic E-state index is 0.0433. The van der Waals surface area contributed by atoms with Gasteiger partial charge in [0.15, 0.2) is 0 Å². The SMILES string of the molecule is COc1ccccc1C(N)Cc1ccc(C)c(C)c1. The van der Waals surface area contributed by atoms with Gasteiger partial charge in [0.25, 0.3) is 0 Å². The van der Waals surface area contributed by atoms with Crippen molar-refractivity contribution in [2.45, 2.75) is 26.3 Å². The zero-order chi connectivity index (χ0) is 13.8. The van der Waals surface area contributed by atoms with Crippen LogP contribution in [-0.4, -0.2) is 7.11 Å². The van der Waals surface area contributed by atoms with Crippen molar-refractivity contribution in [1.82, 2.24) is 0 Å². The van der Waals surface area contributed by atoms with Gasteiger partial charge in [0.1, 0.15) is 5.75 Å². The third-order valence-corrected chi connectivity index (χ3v) is 3.57. The van der Waals surface area contributed by atoms with Crippen molar-refractivity contribution < 1.29 is 4.74 Å². The minimum Gasteiger partial charge on any atom is -0.496 e. The average Bonchev–Trinajstić information content (AvgIpc) is 2.43. The Morgan fingerprint density at radius 2 is 1.79 bits per heavy atom. The Morgan fingerprint density at radius 1 is 1.05 bits per heavy atom. The molecule has 100 valence electrons. The zero-order valence-corrected chi connectivity index (χ0v) is 11.8. The molecule has 0 aliphatic rings. The highest BCUT2D eigenvalue weighted by molar-refractivity contribution is 5.37. The smallest absolute Gasteiger partial charge is 0.123 e. The predicted molar refractivity (Wildman–Crippen MR) is 79.5 cm³/mol. The number of aryl methyl sites for hydroxylation is 2. The number of hydrogen-bond donors (Lipinski definition) is 1. The van der Waals surface area contributed by atoms with Crippen LogP contribution in [-0.2, 0) is 6.42 Å². The second-order valence-electron chi connectivity index (χ2n) is 4.97. The molecule has 2 N–H and O–H groups in total. The van der Waals surface area contributed by atoms with Crippen molar-refractivity contribution in [3.8, 4) is 5.75 Å². The van der Waals surface area contributed by atoms with Crippen LogP contribution in [0.5, 0.6) is 5.75 Å². The van der Waals surface area contributed by atoms with Gasteiger partial charge >= 0.3 is 0 Å². The fourth-order valence-electron chi connectivity index (χ4n) is 2.27. The first-order valence-electron chi connectivity index (χ1n) is 6.56. The van der Waals surface area contributed by atoms with Gasteiger partial charge in [-0.3, -0.25) is 0 Å². The van der Waals surface area contributed by atoms with E-state index in [1.165, 1.54) is 16.7 Å². The van der Waals surface area contributed by atoms with Crippen LogP contribution in [0.4, 0.5) is 0 Å². The van der Waals surface area contributed by atoms with Crippen molar-refractivity contribution in [2.75, 3.05) is 7.11 Å². The first-order chi connectivity index (χ1) is 9.11. The van der Waals surface area contributed by atoms with Gasteiger partial charge < -0.3 is 10.5 Å². The lowest BCUT2D eigenvalue weighted by Crippen LogP contribution is -2.14. The molecule has 2 heteroatoms. The second-order valence-corrected chi connectivity index (χ2v) is 4.97. The van der Waals surface area contributed by atoms with Crippen molar-refractivity contribution >= 4 is 0 Å².